The van der Waals surface area contributed by atoms with E-state index in [4.69, 9.17) is 4.74 Å². The highest BCUT2D eigenvalue weighted by molar-refractivity contribution is 5.83. The standard InChI is InChI=1S/C22H22F2N2O3/c23-18-6-7-20(24)19(12-18)16-13-22(15-27,17-4-2-1-3-5-17)26(14-16)21(28)25-8-10-29-11-9-25/h1-7,12-13,27H,8-11,14-15H2. The molecule has 0 aliphatic carbocycles. The van der Waals surface area contributed by atoms with Crippen molar-refractivity contribution in [2.75, 3.05) is 39.5 Å². The van der Waals surface area contributed by atoms with Crippen LogP contribution in [-0.4, -0.2) is 60.4 Å². The lowest BCUT2D eigenvalue weighted by molar-refractivity contribution is 0.0292. The third kappa shape index (κ3) is 3.52. The van der Waals surface area contributed by atoms with Gasteiger partial charge in [-0.25, -0.2) is 13.6 Å². The molecule has 4 rings (SSSR count). The van der Waals surface area contributed by atoms with Gasteiger partial charge in [0.15, 0.2) is 0 Å². The van der Waals surface area contributed by atoms with E-state index in [0.29, 0.717) is 37.4 Å². The summed E-state index contributed by atoms with van der Waals surface area (Å²) in [7, 11) is 0. The van der Waals surface area contributed by atoms with E-state index in [1.54, 1.807) is 11.0 Å². The van der Waals surface area contributed by atoms with E-state index in [2.05, 4.69) is 0 Å². The quantitative estimate of drug-likeness (QED) is 0.862. The highest BCUT2D eigenvalue weighted by atomic mass is 19.1. The number of carbonyl (C=O) groups is 1. The maximum Gasteiger partial charge on any atom is 0.321 e. The third-order valence-corrected chi connectivity index (χ3v) is 5.52. The first-order valence-electron chi connectivity index (χ1n) is 9.53. The van der Waals surface area contributed by atoms with Crippen LogP contribution in [0.4, 0.5) is 13.6 Å². The number of nitrogens with zero attached hydrogens (tertiary/aromatic N) is 2. The maximum atomic E-state index is 14.5. The summed E-state index contributed by atoms with van der Waals surface area (Å²) in [6.07, 6.45) is 1.68. The van der Waals surface area contributed by atoms with Gasteiger partial charge in [-0.3, -0.25) is 0 Å². The molecule has 29 heavy (non-hydrogen) atoms. The lowest BCUT2D eigenvalue weighted by Crippen LogP contribution is -2.55. The molecule has 152 valence electrons. The first kappa shape index (κ1) is 19.5. The number of aliphatic hydroxyl groups is 1. The molecule has 2 amide bonds. The first-order chi connectivity index (χ1) is 14.0. The molecule has 1 saturated heterocycles. The Balaban J connectivity index is 1.80. The number of amides is 2. The number of hydrogen-bond donors (Lipinski definition) is 1. The van der Waals surface area contributed by atoms with Gasteiger partial charge in [0.25, 0.3) is 0 Å². The minimum absolute atomic E-state index is 0.0615. The summed E-state index contributed by atoms with van der Waals surface area (Å²) >= 11 is 0. The predicted molar refractivity (Wildman–Crippen MR) is 104 cm³/mol. The molecule has 0 saturated carbocycles. The minimum Gasteiger partial charge on any atom is -0.393 e. The zero-order valence-corrected chi connectivity index (χ0v) is 15.9. The molecule has 0 bridgehead atoms. The number of carbonyl (C=O) groups excluding carboxylic acids is 1. The molecule has 2 aliphatic heterocycles. The molecular weight excluding hydrogens is 378 g/mol. The topological polar surface area (TPSA) is 53.0 Å². The van der Waals surface area contributed by atoms with Crippen LogP contribution in [0.3, 0.4) is 0 Å². The van der Waals surface area contributed by atoms with Crippen LogP contribution in [0, 0.1) is 11.6 Å². The van der Waals surface area contributed by atoms with Crippen LogP contribution in [0.1, 0.15) is 11.1 Å². The molecule has 2 heterocycles. The summed E-state index contributed by atoms with van der Waals surface area (Å²) < 4.78 is 33.6. The molecule has 1 N–H and O–H groups in total. The molecule has 5 nitrogen and oxygen atoms in total. The van der Waals surface area contributed by atoms with Crippen molar-refractivity contribution < 1.29 is 23.4 Å². The van der Waals surface area contributed by atoms with Gasteiger partial charge in [0.2, 0.25) is 0 Å². The number of hydrogen-bond acceptors (Lipinski definition) is 3. The van der Waals surface area contributed by atoms with Crippen molar-refractivity contribution in [3.05, 3.63) is 77.4 Å². The molecule has 2 aromatic rings. The van der Waals surface area contributed by atoms with Gasteiger partial charge in [-0.15, -0.1) is 0 Å². The van der Waals surface area contributed by atoms with Crippen LogP contribution in [0.5, 0.6) is 0 Å². The van der Waals surface area contributed by atoms with Crippen LogP contribution in [0.25, 0.3) is 5.57 Å². The average Bonchev–Trinajstić information content (AvgIpc) is 3.17. The number of urea groups is 1. The van der Waals surface area contributed by atoms with Crippen LogP contribution >= 0.6 is 0 Å². The molecule has 7 heteroatoms. The lowest BCUT2D eigenvalue weighted by atomic mass is 9.89. The second-order valence-electron chi connectivity index (χ2n) is 7.21. The Morgan fingerprint density at radius 1 is 1.10 bits per heavy atom. The summed E-state index contributed by atoms with van der Waals surface area (Å²) in [4.78, 5) is 16.6. The zero-order valence-electron chi connectivity index (χ0n) is 15.9. The highest BCUT2D eigenvalue weighted by Gasteiger charge is 2.46. The van der Waals surface area contributed by atoms with Crippen molar-refractivity contribution in [3.63, 3.8) is 0 Å². The summed E-state index contributed by atoms with van der Waals surface area (Å²) in [6, 6.07) is 12.1. The Morgan fingerprint density at radius 2 is 1.83 bits per heavy atom. The van der Waals surface area contributed by atoms with Gasteiger partial charge < -0.3 is 19.6 Å². The fourth-order valence-electron chi connectivity index (χ4n) is 3.98. The number of benzene rings is 2. The van der Waals surface area contributed by atoms with Crippen molar-refractivity contribution in [1.29, 1.82) is 0 Å². The van der Waals surface area contributed by atoms with Gasteiger partial charge >= 0.3 is 6.03 Å². The number of rotatable bonds is 3. The van der Waals surface area contributed by atoms with E-state index < -0.39 is 17.2 Å². The van der Waals surface area contributed by atoms with Gasteiger partial charge in [-0.05, 0) is 35.4 Å². The maximum absolute atomic E-state index is 14.5. The van der Waals surface area contributed by atoms with Crippen LogP contribution in [-0.2, 0) is 10.3 Å². The van der Waals surface area contributed by atoms with Crippen LogP contribution in [0.2, 0.25) is 0 Å². The van der Waals surface area contributed by atoms with Crippen molar-refractivity contribution >= 4 is 11.6 Å². The Labute approximate surface area is 167 Å². The number of morpholine rings is 1. The molecule has 1 unspecified atom stereocenters. The molecule has 0 spiro atoms. The molecular formula is C22H22F2N2O3. The highest BCUT2D eigenvalue weighted by Crippen LogP contribution is 2.41. The Kier molecular flexibility index (Phi) is 5.34. The Morgan fingerprint density at radius 3 is 2.52 bits per heavy atom. The van der Waals surface area contributed by atoms with E-state index in [-0.39, 0.29) is 24.7 Å². The molecule has 0 radical (unpaired) electrons. The van der Waals surface area contributed by atoms with E-state index in [0.717, 1.165) is 18.2 Å². The summed E-state index contributed by atoms with van der Waals surface area (Å²) in [5.74, 6) is -1.13. The number of aliphatic hydroxyl groups excluding tert-OH is 1. The summed E-state index contributed by atoms with van der Waals surface area (Å²) in [5, 5.41) is 10.4. The van der Waals surface area contributed by atoms with Crippen LogP contribution in [0.15, 0.2) is 54.6 Å². The second kappa shape index (κ2) is 7.93. The van der Waals surface area contributed by atoms with E-state index in [1.807, 2.05) is 30.3 Å². The summed E-state index contributed by atoms with van der Waals surface area (Å²) in [5.41, 5.74) is 0.0959. The zero-order chi connectivity index (χ0) is 20.4. The fourth-order valence-corrected chi connectivity index (χ4v) is 3.98. The number of ether oxygens (including phenoxy) is 1. The van der Waals surface area contributed by atoms with Crippen LogP contribution < -0.4 is 0 Å². The molecule has 1 fully saturated rings. The third-order valence-electron chi connectivity index (χ3n) is 5.52. The second-order valence-corrected chi connectivity index (χ2v) is 7.21. The van der Waals surface area contributed by atoms with Crippen molar-refractivity contribution in [2.45, 2.75) is 5.54 Å². The van der Waals surface area contributed by atoms with E-state index in [9.17, 15) is 18.7 Å². The normalized spacial score (nSPS) is 22.0. The van der Waals surface area contributed by atoms with Gasteiger partial charge in [-0.2, -0.15) is 0 Å². The monoisotopic (exact) mass is 400 g/mol. The van der Waals surface area contributed by atoms with E-state index >= 15 is 0 Å². The van der Waals surface area contributed by atoms with E-state index in [1.165, 1.54) is 4.90 Å². The largest absolute Gasteiger partial charge is 0.393 e. The molecule has 1 atom stereocenters. The smallest absolute Gasteiger partial charge is 0.321 e. The van der Waals surface area contributed by atoms with Crippen molar-refractivity contribution in [2.24, 2.45) is 0 Å². The van der Waals surface area contributed by atoms with Crippen molar-refractivity contribution in [3.8, 4) is 0 Å². The fraction of sp³-hybridized carbons (Fsp3) is 0.318. The molecule has 0 aromatic heterocycles. The van der Waals surface area contributed by atoms with Gasteiger partial charge in [0.05, 0.1) is 19.8 Å². The Bertz CT molecular complexity index is 929. The van der Waals surface area contributed by atoms with Gasteiger partial charge in [0.1, 0.15) is 17.2 Å². The SMILES string of the molecule is O=C(N1CCOCC1)N1CC(c2cc(F)ccc2F)=CC1(CO)c1ccccc1. The predicted octanol–water partition coefficient (Wildman–Crippen LogP) is 3.00. The first-order valence-corrected chi connectivity index (χ1v) is 9.53. The van der Waals surface area contributed by atoms with Gasteiger partial charge in [-0.1, -0.05) is 30.3 Å². The number of halogens is 2. The van der Waals surface area contributed by atoms with Crippen molar-refractivity contribution in [1.82, 2.24) is 9.80 Å². The van der Waals surface area contributed by atoms with Gasteiger partial charge in [0, 0.05) is 25.2 Å². The lowest BCUT2D eigenvalue weighted by Gasteiger charge is -2.40. The Hall–Kier alpha value is -2.77. The summed E-state index contributed by atoms with van der Waals surface area (Å²) in [6.45, 7) is 1.44. The molecule has 2 aliphatic rings. The molecule has 2 aromatic carbocycles. The minimum atomic E-state index is -1.16. The average molecular weight is 400 g/mol.